The van der Waals surface area contributed by atoms with Crippen molar-refractivity contribution in [2.24, 2.45) is 0 Å². The summed E-state index contributed by atoms with van der Waals surface area (Å²) in [4.78, 5) is 24.8. The first-order valence-corrected chi connectivity index (χ1v) is 9.01. The van der Waals surface area contributed by atoms with Crippen LogP contribution in [0.15, 0.2) is 40.1 Å². The van der Waals surface area contributed by atoms with Gasteiger partial charge in [0.05, 0.1) is 5.69 Å². The van der Waals surface area contributed by atoms with Crippen LogP contribution in [0, 0.1) is 11.3 Å². The standard InChI is InChI=1S/C16H14Cl3N3O2S/c1-15(2,3)11-4-6-12(7-5-11)21-9-10(8-20)13(23)22(14(21)24)25-16(17,18)19/h4-7,9H,1-3H3. The van der Waals surface area contributed by atoms with Gasteiger partial charge >= 0.3 is 5.69 Å². The molecule has 2 aromatic rings. The zero-order chi connectivity index (χ0) is 19.0. The van der Waals surface area contributed by atoms with Gasteiger partial charge in [-0.05, 0) is 23.1 Å². The van der Waals surface area contributed by atoms with Crippen LogP contribution in [-0.2, 0) is 5.41 Å². The number of nitrogens with zero attached hydrogens (tertiary/aromatic N) is 3. The minimum absolute atomic E-state index is 0.0502. The number of benzene rings is 1. The number of aromatic nitrogens is 2. The molecule has 0 saturated carbocycles. The van der Waals surface area contributed by atoms with E-state index in [1.807, 2.05) is 12.1 Å². The summed E-state index contributed by atoms with van der Waals surface area (Å²) in [6.45, 7) is 6.21. The molecule has 25 heavy (non-hydrogen) atoms. The van der Waals surface area contributed by atoms with Gasteiger partial charge < -0.3 is 0 Å². The number of hydrogen-bond donors (Lipinski definition) is 0. The molecule has 2 rings (SSSR count). The molecule has 0 aliphatic rings. The Bertz CT molecular complexity index is 946. The Kier molecular flexibility index (Phi) is 5.65. The highest BCUT2D eigenvalue weighted by Gasteiger charge is 2.26. The lowest BCUT2D eigenvalue weighted by Gasteiger charge is -2.19. The van der Waals surface area contributed by atoms with Crippen LogP contribution in [-0.4, -0.2) is 11.7 Å². The summed E-state index contributed by atoms with van der Waals surface area (Å²) < 4.78 is -0.0794. The molecule has 0 atom stereocenters. The van der Waals surface area contributed by atoms with Crippen LogP contribution in [0.2, 0.25) is 0 Å². The van der Waals surface area contributed by atoms with E-state index < -0.39 is 14.4 Å². The van der Waals surface area contributed by atoms with E-state index >= 15 is 0 Å². The predicted molar refractivity (Wildman–Crippen MR) is 103 cm³/mol. The second-order valence-corrected chi connectivity index (χ2v) is 10.4. The lowest BCUT2D eigenvalue weighted by Crippen LogP contribution is -2.38. The van der Waals surface area contributed by atoms with Crippen molar-refractivity contribution >= 4 is 46.8 Å². The zero-order valence-electron chi connectivity index (χ0n) is 13.6. The van der Waals surface area contributed by atoms with Crippen molar-refractivity contribution in [1.29, 1.82) is 5.26 Å². The molecule has 0 unspecified atom stereocenters. The van der Waals surface area contributed by atoms with Crippen molar-refractivity contribution in [3.8, 4) is 11.8 Å². The lowest BCUT2D eigenvalue weighted by atomic mass is 9.87. The molecule has 5 nitrogen and oxygen atoms in total. The molecule has 0 aliphatic carbocycles. The Hall–Kier alpha value is -1.39. The SMILES string of the molecule is CC(C)(C)c1ccc(-n2cc(C#N)c(=O)n(SC(Cl)(Cl)Cl)c2=O)cc1. The zero-order valence-corrected chi connectivity index (χ0v) is 16.7. The van der Waals surface area contributed by atoms with Gasteiger partial charge in [0.1, 0.15) is 11.6 Å². The average molecular weight is 419 g/mol. The van der Waals surface area contributed by atoms with E-state index in [4.69, 9.17) is 40.1 Å². The molecule has 1 aromatic heterocycles. The van der Waals surface area contributed by atoms with Gasteiger partial charge in [-0.1, -0.05) is 67.7 Å². The summed E-state index contributed by atoms with van der Waals surface area (Å²) in [5, 5.41) is 9.17. The third-order valence-electron chi connectivity index (χ3n) is 3.38. The first-order chi connectivity index (χ1) is 11.4. The van der Waals surface area contributed by atoms with Crippen molar-refractivity contribution in [2.75, 3.05) is 0 Å². The quantitative estimate of drug-likeness (QED) is 0.692. The predicted octanol–water partition coefficient (Wildman–Crippen LogP) is 3.99. The molecule has 0 N–H and O–H groups in total. The summed E-state index contributed by atoms with van der Waals surface area (Å²) in [5.74, 6) is 0. The Labute approximate surface area is 163 Å². The molecule has 9 heteroatoms. The monoisotopic (exact) mass is 417 g/mol. The first-order valence-electron chi connectivity index (χ1n) is 7.10. The molecule has 1 aromatic carbocycles. The van der Waals surface area contributed by atoms with Crippen molar-refractivity contribution in [1.82, 2.24) is 8.54 Å². The molecular weight excluding hydrogens is 405 g/mol. The molecule has 1 heterocycles. The molecule has 0 radical (unpaired) electrons. The second kappa shape index (κ2) is 7.08. The number of hydrogen-bond acceptors (Lipinski definition) is 4. The van der Waals surface area contributed by atoms with Crippen molar-refractivity contribution in [3.05, 3.63) is 62.4 Å². The number of rotatable bonds is 2. The molecular formula is C16H14Cl3N3O2S. The maximum absolute atomic E-state index is 12.6. The maximum atomic E-state index is 12.6. The van der Waals surface area contributed by atoms with Crippen LogP contribution in [0.5, 0.6) is 0 Å². The van der Waals surface area contributed by atoms with Gasteiger partial charge in [-0.15, -0.1) is 0 Å². The smallest absolute Gasteiger partial charge is 0.267 e. The van der Waals surface area contributed by atoms with Crippen LogP contribution in [0.4, 0.5) is 0 Å². The number of alkyl halides is 3. The van der Waals surface area contributed by atoms with Gasteiger partial charge in [0, 0.05) is 18.1 Å². The van der Waals surface area contributed by atoms with Crippen LogP contribution < -0.4 is 11.2 Å². The van der Waals surface area contributed by atoms with E-state index in [0.717, 1.165) is 5.56 Å². The minimum atomic E-state index is -1.93. The molecule has 0 amide bonds. The van der Waals surface area contributed by atoms with Gasteiger partial charge in [-0.3, -0.25) is 9.36 Å². The lowest BCUT2D eigenvalue weighted by molar-refractivity contribution is 0.590. The Morgan fingerprint density at radius 1 is 1.08 bits per heavy atom. The Balaban J connectivity index is 2.67. The molecule has 0 saturated heterocycles. The van der Waals surface area contributed by atoms with Crippen LogP contribution in [0.25, 0.3) is 5.69 Å². The van der Waals surface area contributed by atoms with Crippen molar-refractivity contribution in [3.63, 3.8) is 0 Å². The molecule has 0 bridgehead atoms. The summed E-state index contributed by atoms with van der Waals surface area (Å²) >= 11 is 17.5. The van der Waals surface area contributed by atoms with Crippen LogP contribution >= 0.6 is 46.8 Å². The molecule has 0 aliphatic heterocycles. The van der Waals surface area contributed by atoms with E-state index in [2.05, 4.69) is 20.8 Å². The Morgan fingerprint density at radius 2 is 1.64 bits per heavy atom. The van der Waals surface area contributed by atoms with E-state index in [1.54, 1.807) is 18.2 Å². The van der Waals surface area contributed by atoms with E-state index in [0.29, 0.717) is 21.6 Å². The third-order valence-corrected chi connectivity index (χ3v) is 4.71. The van der Waals surface area contributed by atoms with Crippen molar-refractivity contribution in [2.45, 2.75) is 29.3 Å². The largest absolute Gasteiger partial charge is 0.346 e. The highest BCUT2D eigenvalue weighted by molar-refractivity contribution is 8.03. The van der Waals surface area contributed by atoms with Gasteiger partial charge in [-0.25, -0.2) is 4.79 Å². The van der Waals surface area contributed by atoms with Crippen molar-refractivity contribution < 1.29 is 0 Å². The van der Waals surface area contributed by atoms with Crippen LogP contribution in [0.1, 0.15) is 31.9 Å². The van der Waals surface area contributed by atoms with E-state index in [-0.39, 0.29) is 11.0 Å². The number of nitriles is 1. The van der Waals surface area contributed by atoms with Gasteiger partial charge in [0.15, 0.2) is 0 Å². The molecule has 132 valence electrons. The van der Waals surface area contributed by atoms with E-state index in [1.165, 1.54) is 10.8 Å². The fourth-order valence-corrected chi connectivity index (χ4v) is 3.28. The summed E-state index contributed by atoms with van der Waals surface area (Å²) in [6.07, 6.45) is 1.19. The summed E-state index contributed by atoms with van der Waals surface area (Å²) in [5.41, 5.74) is -0.260. The highest BCUT2D eigenvalue weighted by atomic mass is 35.6. The molecule has 0 spiro atoms. The van der Waals surface area contributed by atoms with Crippen LogP contribution in [0.3, 0.4) is 0 Å². The fraction of sp³-hybridized carbons (Fsp3) is 0.312. The average Bonchev–Trinajstić information content (AvgIpc) is 2.50. The minimum Gasteiger partial charge on any atom is -0.267 e. The third kappa shape index (κ3) is 4.62. The second-order valence-electron chi connectivity index (χ2n) is 6.24. The first kappa shape index (κ1) is 19.9. The van der Waals surface area contributed by atoms with Gasteiger partial charge in [-0.2, -0.15) is 9.23 Å². The van der Waals surface area contributed by atoms with E-state index in [9.17, 15) is 9.59 Å². The highest BCUT2D eigenvalue weighted by Crippen LogP contribution is 2.38. The summed E-state index contributed by atoms with van der Waals surface area (Å²) in [6, 6.07) is 8.99. The normalized spacial score (nSPS) is 12.0. The number of halogens is 3. The topological polar surface area (TPSA) is 67.8 Å². The molecule has 0 fully saturated rings. The summed E-state index contributed by atoms with van der Waals surface area (Å²) in [7, 11) is 0. The fourth-order valence-electron chi connectivity index (χ4n) is 2.10. The van der Waals surface area contributed by atoms with Gasteiger partial charge in [0.25, 0.3) is 8.68 Å². The maximum Gasteiger partial charge on any atom is 0.346 e. The Morgan fingerprint density at radius 3 is 2.08 bits per heavy atom. The van der Waals surface area contributed by atoms with Gasteiger partial charge in [0.2, 0.25) is 0 Å².